The smallest absolute Gasteiger partial charge is 0.410 e. The van der Waals surface area contributed by atoms with Crippen molar-refractivity contribution in [2.24, 2.45) is 5.73 Å². The van der Waals surface area contributed by atoms with Gasteiger partial charge in [0.1, 0.15) is 5.60 Å². The van der Waals surface area contributed by atoms with Gasteiger partial charge in [0.2, 0.25) is 5.91 Å². The minimum Gasteiger partial charge on any atom is -0.444 e. The molecule has 2 N–H and O–H groups in total. The number of rotatable bonds is 3. The van der Waals surface area contributed by atoms with Crippen molar-refractivity contribution in [2.45, 2.75) is 58.7 Å². The van der Waals surface area contributed by atoms with Gasteiger partial charge in [0.25, 0.3) is 0 Å². The van der Waals surface area contributed by atoms with Crippen molar-refractivity contribution in [3.8, 4) is 0 Å². The van der Waals surface area contributed by atoms with Crippen LogP contribution in [-0.2, 0) is 9.53 Å². The van der Waals surface area contributed by atoms with Gasteiger partial charge in [-0.2, -0.15) is 0 Å². The number of carbonyl (C=O) groups excluding carboxylic acids is 2. The summed E-state index contributed by atoms with van der Waals surface area (Å²) in [6.07, 6.45) is 0.450. The van der Waals surface area contributed by atoms with Crippen LogP contribution >= 0.6 is 0 Å². The largest absolute Gasteiger partial charge is 0.444 e. The second-order valence-corrected chi connectivity index (χ2v) is 6.28. The molecule has 2 atom stereocenters. The van der Waals surface area contributed by atoms with E-state index in [0.717, 1.165) is 6.42 Å². The number of hydrogen-bond acceptors (Lipinski definition) is 4. The van der Waals surface area contributed by atoms with E-state index in [2.05, 4.69) is 0 Å². The molecule has 20 heavy (non-hydrogen) atoms. The lowest BCUT2D eigenvalue weighted by Crippen LogP contribution is -2.46. The molecular formula is C14H27N3O3. The van der Waals surface area contributed by atoms with E-state index in [1.165, 1.54) is 0 Å². The molecule has 1 saturated heterocycles. The molecule has 0 bridgehead atoms. The molecule has 0 aromatic heterocycles. The summed E-state index contributed by atoms with van der Waals surface area (Å²) in [6, 6.07) is -0.483. The number of likely N-dealkylation sites (tertiary alicyclic amines) is 1. The Morgan fingerprint density at radius 2 is 2.05 bits per heavy atom. The predicted octanol–water partition coefficient (Wildman–Crippen LogP) is 1.19. The fraction of sp³-hybridized carbons (Fsp3) is 0.857. The Kier molecular flexibility index (Phi) is 5.39. The fourth-order valence-electron chi connectivity index (χ4n) is 2.34. The van der Waals surface area contributed by atoms with Crippen LogP contribution in [0.4, 0.5) is 4.79 Å². The maximum Gasteiger partial charge on any atom is 0.410 e. The Labute approximate surface area is 121 Å². The molecule has 6 nitrogen and oxygen atoms in total. The molecule has 0 aliphatic carbocycles. The maximum absolute atomic E-state index is 12.2. The van der Waals surface area contributed by atoms with Crippen LogP contribution in [0.25, 0.3) is 0 Å². The summed E-state index contributed by atoms with van der Waals surface area (Å²) in [6.45, 7) is 10.9. The van der Waals surface area contributed by atoms with Crippen LogP contribution in [0.3, 0.4) is 0 Å². The van der Waals surface area contributed by atoms with Crippen molar-refractivity contribution in [3.05, 3.63) is 0 Å². The summed E-state index contributed by atoms with van der Waals surface area (Å²) >= 11 is 0. The van der Waals surface area contributed by atoms with Crippen molar-refractivity contribution >= 4 is 12.0 Å². The van der Waals surface area contributed by atoms with E-state index in [1.807, 2.05) is 27.7 Å². The average Bonchev–Trinajstić information content (AvgIpc) is 2.75. The lowest BCUT2D eigenvalue weighted by Gasteiger charge is -2.30. The summed E-state index contributed by atoms with van der Waals surface area (Å²) in [5.74, 6) is -0.0623. The van der Waals surface area contributed by atoms with Crippen molar-refractivity contribution in [2.75, 3.05) is 19.6 Å². The summed E-state index contributed by atoms with van der Waals surface area (Å²) in [7, 11) is 0. The topological polar surface area (TPSA) is 75.9 Å². The van der Waals surface area contributed by atoms with Gasteiger partial charge in [0.05, 0.1) is 12.1 Å². The van der Waals surface area contributed by atoms with E-state index in [4.69, 9.17) is 10.5 Å². The van der Waals surface area contributed by atoms with Gasteiger partial charge >= 0.3 is 6.09 Å². The number of likely N-dealkylation sites (N-methyl/N-ethyl adjacent to an activating group) is 1. The predicted molar refractivity (Wildman–Crippen MR) is 77.2 cm³/mol. The molecule has 1 aliphatic rings. The quantitative estimate of drug-likeness (QED) is 0.845. The molecule has 2 unspecified atom stereocenters. The van der Waals surface area contributed by atoms with Crippen molar-refractivity contribution in [1.82, 2.24) is 9.80 Å². The molecule has 0 radical (unpaired) electrons. The Balaban J connectivity index is 2.64. The zero-order valence-electron chi connectivity index (χ0n) is 13.2. The van der Waals surface area contributed by atoms with E-state index in [9.17, 15) is 9.59 Å². The summed E-state index contributed by atoms with van der Waals surface area (Å²) in [5.41, 5.74) is 5.11. The molecule has 1 rings (SSSR count). The van der Waals surface area contributed by atoms with Gasteiger partial charge in [-0.1, -0.05) is 0 Å². The zero-order chi connectivity index (χ0) is 15.5. The van der Waals surface area contributed by atoms with Gasteiger partial charge in [-0.25, -0.2) is 4.79 Å². The van der Waals surface area contributed by atoms with E-state index >= 15 is 0 Å². The average molecular weight is 285 g/mol. The first-order valence-corrected chi connectivity index (χ1v) is 7.19. The molecule has 116 valence electrons. The first kappa shape index (κ1) is 16.8. The van der Waals surface area contributed by atoms with Gasteiger partial charge in [-0.05, 0) is 41.0 Å². The van der Waals surface area contributed by atoms with Crippen LogP contribution in [0, 0.1) is 0 Å². The molecular weight excluding hydrogens is 258 g/mol. The Hall–Kier alpha value is -1.30. The minimum absolute atomic E-state index is 0.0116. The SMILES string of the molecule is CCN(C(=O)OC(C)(C)C)C1CCN(C(=O)C(C)N)C1. The van der Waals surface area contributed by atoms with Crippen LogP contribution in [-0.4, -0.2) is 59.1 Å². The Bertz CT molecular complexity index is 363. The highest BCUT2D eigenvalue weighted by atomic mass is 16.6. The monoisotopic (exact) mass is 285 g/mol. The zero-order valence-corrected chi connectivity index (χ0v) is 13.2. The van der Waals surface area contributed by atoms with Crippen molar-refractivity contribution in [3.63, 3.8) is 0 Å². The number of hydrogen-bond donors (Lipinski definition) is 1. The standard InChI is InChI=1S/C14H27N3O3/c1-6-17(13(19)20-14(3,4)5)11-7-8-16(9-11)12(18)10(2)15/h10-11H,6-9,15H2,1-5H3. The summed E-state index contributed by atoms with van der Waals surface area (Å²) in [5, 5.41) is 0. The Morgan fingerprint density at radius 3 is 2.50 bits per heavy atom. The van der Waals surface area contributed by atoms with E-state index in [1.54, 1.807) is 16.7 Å². The van der Waals surface area contributed by atoms with Gasteiger partial charge in [-0.3, -0.25) is 4.79 Å². The van der Waals surface area contributed by atoms with E-state index in [0.29, 0.717) is 19.6 Å². The minimum atomic E-state index is -0.510. The summed E-state index contributed by atoms with van der Waals surface area (Å²) in [4.78, 5) is 27.4. The molecule has 1 fully saturated rings. The normalized spacial score (nSPS) is 20.7. The third-order valence-corrected chi connectivity index (χ3v) is 3.27. The van der Waals surface area contributed by atoms with E-state index < -0.39 is 11.6 Å². The lowest BCUT2D eigenvalue weighted by molar-refractivity contribution is -0.131. The second kappa shape index (κ2) is 6.43. The molecule has 0 aromatic rings. The van der Waals surface area contributed by atoms with E-state index in [-0.39, 0.29) is 18.0 Å². The third-order valence-electron chi connectivity index (χ3n) is 3.27. The van der Waals surface area contributed by atoms with Crippen LogP contribution in [0.15, 0.2) is 0 Å². The first-order valence-electron chi connectivity index (χ1n) is 7.19. The van der Waals surface area contributed by atoms with Crippen molar-refractivity contribution < 1.29 is 14.3 Å². The van der Waals surface area contributed by atoms with Crippen LogP contribution in [0.5, 0.6) is 0 Å². The molecule has 2 amide bonds. The van der Waals surface area contributed by atoms with Crippen LogP contribution in [0.2, 0.25) is 0 Å². The summed E-state index contributed by atoms with van der Waals surface area (Å²) < 4.78 is 5.41. The lowest BCUT2D eigenvalue weighted by atomic mass is 10.2. The number of nitrogens with two attached hydrogens (primary N) is 1. The fourth-order valence-corrected chi connectivity index (χ4v) is 2.34. The highest BCUT2D eigenvalue weighted by molar-refractivity contribution is 5.81. The molecule has 0 saturated carbocycles. The van der Waals surface area contributed by atoms with Crippen molar-refractivity contribution in [1.29, 1.82) is 0 Å². The molecule has 0 aromatic carbocycles. The highest BCUT2D eigenvalue weighted by Crippen LogP contribution is 2.19. The van der Waals surface area contributed by atoms with Gasteiger partial charge in [-0.15, -0.1) is 0 Å². The van der Waals surface area contributed by atoms with Crippen LogP contribution < -0.4 is 5.73 Å². The molecule has 6 heteroatoms. The molecule has 1 heterocycles. The number of carbonyl (C=O) groups is 2. The van der Waals surface area contributed by atoms with Crippen LogP contribution in [0.1, 0.15) is 41.0 Å². The number of nitrogens with zero attached hydrogens (tertiary/aromatic N) is 2. The molecule has 1 aliphatic heterocycles. The first-order chi connectivity index (χ1) is 9.15. The third kappa shape index (κ3) is 4.37. The second-order valence-electron chi connectivity index (χ2n) is 6.28. The number of amides is 2. The highest BCUT2D eigenvalue weighted by Gasteiger charge is 2.34. The number of ether oxygens (including phenoxy) is 1. The molecule has 0 spiro atoms. The van der Waals surface area contributed by atoms with Gasteiger partial charge < -0.3 is 20.3 Å². The maximum atomic E-state index is 12.2. The van der Waals surface area contributed by atoms with Gasteiger partial charge in [0.15, 0.2) is 0 Å². The van der Waals surface area contributed by atoms with Gasteiger partial charge in [0, 0.05) is 19.6 Å². The Morgan fingerprint density at radius 1 is 1.45 bits per heavy atom.